The van der Waals surface area contributed by atoms with E-state index >= 15 is 0 Å². The molecule has 0 saturated carbocycles. The minimum atomic E-state index is -1.66. The van der Waals surface area contributed by atoms with Crippen LogP contribution in [-0.4, -0.2) is 32.4 Å². The number of hydrogen-bond donors (Lipinski definition) is 1. The van der Waals surface area contributed by atoms with Crippen molar-refractivity contribution in [1.29, 1.82) is 0 Å². The average Bonchev–Trinajstić information content (AvgIpc) is 1.94. The Hall–Kier alpha value is 0.0969. The molecule has 0 aromatic heterocycles. The lowest BCUT2D eigenvalue weighted by molar-refractivity contribution is -0.179. The maximum absolute atomic E-state index is 9.34. The Labute approximate surface area is 94.9 Å². The normalized spacial score (nSPS) is 14.4. The van der Waals surface area contributed by atoms with Gasteiger partial charge in [0.05, 0.1) is 13.2 Å². The van der Waals surface area contributed by atoms with Crippen LogP contribution in [0.4, 0.5) is 0 Å². The van der Waals surface area contributed by atoms with E-state index in [2.05, 4.69) is 33.9 Å². The topological polar surface area (TPSA) is 38.7 Å². The SMILES string of the molecule is CC(C)(O)OCCO[Si](C)(C)C(C)(C)C. The number of ether oxygens (including phenoxy) is 1. The minimum absolute atomic E-state index is 0.224. The molecule has 0 aromatic rings. The molecule has 3 nitrogen and oxygen atoms in total. The zero-order valence-electron chi connectivity index (χ0n) is 11.2. The van der Waals surface area contributed by atoms with Crippen molar-refractivity contribution in [3.63, 3.8) is 0 Å². The lowest BCUT2D eigenvalue weighted by atomic mass is 10.2. The lowest BCUT2D eigenvalue weighted by Gasteiger charge is -2.36. The number of hydrogen-bond acceptors (Lipinski definition) is 3. The van der Waals surface area contributed by atoms with Crippen LogP contribution in [-0.2, 0) is 9.16 Å². The smallest absolute Gasteiger partial charge is 0.192 e. The largest absolute Gasteiger partial charge is 0.414 e. The van der Waals surface area contributed by atoms with E-state index in [1.165, 1.54) is 0 Å². The number of aliphatic hydroxyl groups is 1. The Morgan fingerprint density at radius 2 is 1.47 bits per heavy atom. The van der Waals surface area contributed by atoms with Gasteiger partial charge in [-0.3, -0.25) is 0 Å². The predicted molar refractivity (Wildman–Crippen MR) is 65.4 cm³/mol. The van der Waals surface area contributed by atoms with Gasteiger partial charge in [0.25, 0.3) is 0 Å². The second-order valence-electron chi connectivity index (χ2n) is 5.90. The summed E-state index contributed by atoms with van der Waals surface area (Å²) < 4.78 is 11.1. The van der Waals surface area contributed by atoms with Crippen molar-refractivity contribution in [2.45, 2.75) is 58.5 Å². The monoisotopic (exact) mass is 234 g/mol. The summed E-state index contributed by atoms with van der Waals surface area (Å²) in [5.41, 5.74) is 0. The number of rotatable bonds is 5. The van der Waals surface area contributed by atoms with Gasteiger partial charge in [-0.1, -0.05) is 20.8 Å². The van der Waals surface area contributed by atoms with Crippen LogP contribution in [0, 0.1) is 0 Å². The van der Waals surface area contributed by atoms with Gasteiger partial charge in [0.15, 0.2) is 14.1 Å². The van der Waals surface area contributed by atoms with Crippen LogP contribution in [0.2, 0.25) is 18.1 Å². The van der Waals surface area contributed by atoms with E-state index in [1.807, 2.05) is 0 Å². The fourth-order valence-corrected chi connectivity index (χ4v) is 1.83. The second kappa shape index (κ2) is 4.95. The summed E-state index contributed by atoms with van der Waals surface area (Å²) >= 11 is 0. The molecule has 15 heavy (non-hydrogen) atoms. The summed E-state index contributed by atoms with van der Waals surface area (Å²) in [6, 6.07) is 0. The zero-order valence-corrected chi connectivity index (χ0v) is 12.2. The minimum Gasteiger partial charge on any atom is -0.414 e. The van der Waals surface area contributed by atoms with Crippen molar-refractivity contribution in [1.82, 2.24) is 0 Å². The van der Waals surface area contributed by atoms with Crippen molar-refractivity contribution in [2.24, 2.45) is 0 Å². The molecule has 1 N–H and O–H groups in total. The highest BCUT2D eigenvalue weighted by Crippen LogP contribution is 2.36. The summed E-state index contributed by atoms with van der Waals surface area (Å²) in [5.74, 6) is -1.06. The molecule has 0 aliphatic rings. The summed E-state index contributed by atoms with van der Waals surface area (Å²) in [4.78, 5) is 0. The Kier molecular flexibility index (Phi) is 4.98. The molecule has 0 aromatic carbocycles. The van der Waals surface area contributed by atoms with Gasteiger partial charge in [-0.05, 0) is 32.0 Å². The molecule has 0 heterocycles. The van der Waals surface area contributed by atoms with Crippen LogP contribution in [0.3, 0.4) is 0 Å². The molecule has 0 radical (unpaired) electrons. The molecule has 0 rings (SSSR count). The lowest BCUT2D eigenvalue weighted by Crippen LogP contribution is -2.42. The first kappa shape index (κ1) is 15.1. The maximum Gasteiger partial charge on any atom is 0.192 e. The molecule has 4 heteroatoms. The molecule has 0 aliphatic carbocycles. The van der Waals surface area contributed by atoms with Crippen LogP contribution >= 0.6 is 0 Å². The van der Waals surface area contributed by atoms with Crippen LogP contribution in [0.15, 0.2) is 0 Å². The van der Waals surface area contributed by atoms with Crippen molar-refractivity contribution in [3.8, 4) is 0 Å². The van der Waals surface area contributed by atoms with Gasteiger partial charge < -0.3 is 14.3 Å². The Balaban J connectivity index is 3.87. The van der Waals surface area contributed by atoms with E-state index in [0.29, 0.717) is 13.2 Å². The first-order chi connectivity index (χ1) is 6.46. The van der Waals surface area contributed by atoms with Gasteiger partial charge in [0.1, 0.15) is 0 Å². The van der Waals surface area contributed by atoms with Crippen molar-refractivity contribution in [2.75, 3.05) is 13.2 Å². The van der Waals surface area contributed by atoms with Gasteiger partial charge >= 0.3 is 0 Å². The zero-order chi connectivity index (χ0) is 12.3. The quantitative estimate of drug-likeness (QED) is 0.451. The third kappa shape index (κ3) is 6.30. The Morgan fingerprint density at radius 3 is 1.80 bits per heavy atom. The summed E-state index contributed by atoms with van der Waals surface area (Å²) in [7, 11) is -1.66. The molecule has 92 valence electrons. The van der Waals surface area contributed by atoms with E-state index in [9.17, 15) is 5.11 Å². The summed E-state index contributed by atoms with van der Waals surface area (Å²) in [6.07, 6.45) is 0. The molecule has 0 saturated heterocycles. The molecule has 0 bridgehead atoms. The molecule has 0 spiro atoms. The third-order valence-corrected chi connectivity index (χ3v) is 7.35. The predicted octanol–water partition coefficient (Wildman–Crippen LogP) is 2.75. The molecule has 0 unspecified atom stereocenters. The maximum atomic E-state index is 9.34. The standard InChI is InChI=1S/C11H26O3Si/c1-10(2,3)15(6,7)14-9-8-13-11(4,5)12/h12H,8-9H2,1-7H3. The molecular formula is C11H26O3Si. The average molecular weight is 234 g/mol. The highest BCUT2D eigenvalue weighted by Gasteiger charge is 2.36. The van der Waals surface area contributed by atoms with Gasteiger partial charge in [0, 0.05) is 0 Å². The second-order valence-corrected chi connectivity index (χ2v) is 10.7. The Bertz CT molecular complexity index is 189. The van der Waals surface area contributed by atoms with Crippen LogP contribution in [0.5, 0.6) is 0 Å². The van der Waals surface area contributed by atoms with Crippen LogP contribution in [0.1, 0.15) is 34.6 Å². The van der Waals surface area contributed by atoms with Gasteiger partial charge in [-0.25, -0.2) is 0 Å². The van der Waals surface area contributed by atoms with Crippen molar-refractivity contribution < 1.29 is 14.3 Å². The van der Waals surface area contributed by atoms with Crippen molar-refractivity contribution in [3.05, 3.63) is 0 Å². The third-order valence-electron chi connectivity index (χ3n) is 2.81. The van der Waals surface area contributed by atoms with Gasteiger partial charge in [0.2, 0.25) is 0 Å². The van der Waals surface area contributed by atoms with Crippen LogP contribution < -0.4 is 0 Å². The fraction of sp³-hybridized carbons (Fsp3) is 1.00. The first-order valence-corrected chi connectivity index (χ1v) is 8.37. The van der Waals surface area contributed by atoms with Crippen LogP contribution in [0.25, 0.3) is 0 Å². The van der Waals surface area contributed by atoms with Crippen molar-refractivity contribution >= 4 is 8.32 Å². The molecular weight excluding hydrogens is 208 g/mol. The first-order valence-electron chi connectivity index (χ1n) is 5.46. The molecule has 0 fully saturated rings. The van der Waals surface area contributed by atoms with E-state index in [1.54, 1.807) is 13.8 Å². The summed E-state index contributed by atoms with van der Waals surface area (Å²) in [6.45, 7) is 15.3. The molecule has 0 atom stereocenters. The molecule has 0 amide bonds. The molecule has 0 aliphatic heterocycles. The van der Waals surface area contributed by atoms with Gasteiger partial charge in [-0.2, -0.15) is 0 Å². The van der Waals surface area contributed by atoms with E-state index < -0.39 is 14.1 Å². The summed E-state index contributed by atoms with van der Waals surface area (Å²) in [5, 5.41) is 9.56. The fourth-order valence-electron chi connectivity index (χ4n) is 0.805. The van der Waals surface area contributed by atoms with Gasteiger partial charge in [-0.15, -0.1) is 0 Å². The highest BCUT2D eigenvalue weighted by molar-refractivity contribution is 6.74. The van der Waals surface area contributed by atoms with E-state index in [0.717, 1.165) is 0 Å². The van der Waals surface area contributed by atoms with E-state index in [-0.39, 0.29) is 5.04 Å². The highest BCUT2D eigenvalue weighted by atomic mass is 28.4. The van der Waals surface area contributed by atoms with E-state index in [4.69, 9.17) is 9.16 Å². The Morgan fingerprint density at radius 1 is 1.00 bits per heavy atom.